The minimum absolute atomic E-state index is 0.779. The summed E-state index contributed by atoms with van der Waals surface area (Å²) in [7, 11) is 0. The average Bonchev–Trinajstić information content (AvgIpc) is 2.83. The van der Waals surface area contributed by atoms with Crippen LogP contribution in [0.3, 0.4) is 0 Å². The number of hydrogen-bond acceptors (Lipinski definition) is 0. The third-order valence-corrected chi connectivity index (χ3v) is 13.3. The smallest absolute Gasteiger partial charge is 0.0907 e. The molecule has 0 spiro atoms. The summed E-state index contributed by atoms with van der Waals surface area (Å²) in [6.45, 7) is 22.1. The minimum Gasteiger partial charge on any atom is -0.0907 e. The van der Waals surface area contributed by atoms with Crippen molar-refractivity contribution in [2.24, 2.45) is 35.5 Å². The molecule has 0 saturated carbocycles. The topological polar surface area (TPSA) is 0 Å². The summed E-state index contributed by atoms with van der Waals surface area (Å²) in [5, 5.41) is 4.97. The maximum Gasteiger partial charge on any atom is 0.262 e. The number of rotatable bonds is 24. The van der Waals surface area contributed by atoms with E-state index in [1.54, 1.807) is 15.8 Å². The van der Waals surface area contributed by atoms with E-state index in [0.717, 1.165) is 35.5 Å². The van der Waals surface area contributed by atoms with E-state index >= 15 is 0 Å². The third kappa shape index (κ3) is 13.7. The van der Waals surface area contributed by atoms with Crippen molar-refractivity contribution in [1.82, 2.24) is 0 Å². The SMILES string of the molecule is CCCC(CCC)C(CC)[CH2][Al]([CH2]C(CC)C(CCC)CCC)[CH2]C(CC)C(CCC)CCC. The molecule has 0 bridgehead atoms. The summed E-state index contributed by atoms with van der Waals surface area (Å²) in [6.07, 6.45) is 21.4. The molecule has 204 valence electrons. The van der Waals surface area contributed by atoms with Crippen LogP contribution < -0.4 is 0 Å². The van der Waals surface area contributed by atoms with Gasteiger partial charge in [-0.2, -0.15) is 0 Å². The lowest BCUT2D eigenvalue weighted by atomic mass is 9.84. The predicted octanol–water partition coefficient (Wildman–Crippen LogP) is 12.2. The fraction of sp³-hybridized carbons (Fsp3) is 1.00. The Hall–Kier alpha value is 0.532. The Balaban J connectivity index is 5.84. The first-order valence-electron chi connectivity index (χ1n) is 16.5. The first-order chi connectivity index (χ1) is 16.5. The van der Waals surface area contributed by atoms with Gasteiger partial charge in [-0.3, -0.25) is 0 Å². The molecule has 3 atom stereocenters. The van der Waals surface area contributed by atoms with Crippen molar-refractivity contribution in [3.05, 3.63) is 0 Å². The van der Waals surface area contributed by atoms with Crippen molar-refractivity contribution < 1.29 is 0 Å². The molecule has 1 heteroatoms. The number of hydrogen-bond donors (Lipinski definition) is 0. The second-order valence-electron chi connectivity index (χ2n) is 12.1. The molecule has 0 aromatic carbocycles. The highest BCUT2D eigenvalue weighted by Gasteiger charge is 2.33. The zero-order valence-corrected chi connectivity index (χ0v) is 26.9. The first kappa shape index (κ1) is 34.5. The molecule has 3 unspecified atom stereocenters. The Labute approximate surface area is 223 Å². The van der Waals surface area contributed by atoms with E-state index in [-0.39, 0.29) is 0 Å². The Morgan fingerprint density at radius 1 is 0.324 bits per heavy atom. The summed E-state index contributed by atoms with van der Waals surface area (Å²) in [6, 6.07) is 0. The van der Waals surface area contributed by atoms with Crippen molar-refractivity contribution >= 4 is 14.1 Å². The highest BCUT2D eigenvalue weighted by Crippen LogP contribution is 2.39. The van der Waals surface area contributed by atoms with Gasteiger partial charge in [-0.25, -0.2) is 0 Å². The molecule has 0 aliphatic heterocycles. The molecule has 0 aliphatic rings. The van der Waals surface area contributed by atoms with Crippen LogP contribution in [0.4, 0.5) is 0 Å². The zero-order chi connectivity index (χ0) is 25.8. The van der Waals surface area contributed by atoms with Gasteiger partial charge in [-0.15, -0.1) is 0 Å². The van der Waals surface area contributed by atoms with E-state index in [1.165, 1.54) is 96.3 Å². The Kier molecular flexibility index (Phi) is 23.1. The lowest BCUT2D eigenvalue weighted by Crippen LogP contribution is -2.30. The molecule has 0 aromatic heterocycles. The highest BCUT2D eigenvalue weighted by molar-refractivity contribution is 6.59. The standard InChI is InChI=1S/3C11H23.Al/c3*1-5-8-11(9-6-2)10(4)7-3;/h3*10-11H,4-9H2,1-3H3;. The summed E-state index contributed by atoms with van der Waals surface area (Å²) in [5.41, 5.74) is 0. The third-order valence-electron chi connectivity index (χ3n) is 9.44. The van der Waals surface area contributed by atoms with Crippen LogP contribution in [0.5, 0.6) is 0 Å². The molecular weight excluding hydrogens is 423 g/mol. The molecular formula is C33H69Al. The minimum atomic E-state index is -0.779. The van der Waals surface area contributed by atoms with Gasteiger partial charge in [0.05, 0.1) is 0 Å². The summed E-state index contributed by atoms with van der Waals surface area (Å²) < 4.78 is 0. The van der Waals surface area contributed by atoms with Crippen LogP contribution in [-0.4, -0.2) is 14.1 Å². The maximum atomic E-state index is 2.52. The Bertz CT molecular complexity index is 339. The quantitative estimate of drug-likeness (QED) is 0.117. The van der Waals surface area contributed by atoms with Crippen LogP contribution in [0.1, 0.15) is 159 Å². The van der Waals surface area contributed by atoms with Gasteiger partial charge in [0.25, 0.3) is 14.1 Å². The molecule has 0 amide bonds. The van der Waals surface area contributed by atoms with Crippen LogP contribution in [0.2, 0.25) is 15.8 Å². The van der Waals surface area contributed by atoms with Gasteiger partial charge in [-0.05, 0) is 17.8 Å². The molecule has 0 radical (unpaired) electrons. The highest BCUT2D eigenvalue weighted by atomic mass is 27.2. The van der Waals surface area contributed by atoms with E-state index in [2.05, 4.69) is 62.3 Å². The zero-order valence-electron chi connectivity index (χ0n) is 25.8. The van der Waals surface area contributed by atoms with Gasteiger partial charge in [0.15, 0.2) is 0 Å². The summed E-state index contributed by atoms with van der Waals surface area (Å²) in [5.74, 6) is 6.03. The van der Waals surface area contributed by atoms with Crippen LogP contribution in [0, 0.1) is 35.5 Å². The normalized spacial score (nSPS) is 14.8. The molecule has 0 aliphatic carbocycles. The van der Waals surface area contributed by atoms with E-state index < -0.39 is 14.1 Å². The van der Waals surface area contributed by atoms with Gasteiger partial charge in [-0.1, -0.05) is 192 Å². The van der Waals surface area contributed by atoms with Crippen LogP contribution >= 0.6 is 0 Å². The van der Waals surface area contributed by atoms with Crippen LogP contribution in [0.15, 0.2) is 0 Å². The van der Waals surface area contributed by atoms with Gasteiger partial charge in [0, 0.05) is 0 Å². The maximum absolute atomic E-state index is 2.52. The molecule has 0 aromatic rings. The van der Waals surface area contributed by atoms with Crippen molar-refractivity contribution in [2.75, 3.05) is 0 Å². The van der Waals surface area contributed by atoms with Crippen LogP contribution in [-0.2, 0) is 0 Å². The fourth-order valence-corrected chi connectivity index (χ4v) is 13.0. The van der Waals surface area contributed by atoms with Gasteiger partial charge in [0.2, 0.25) is 0 Å². The van der Waals surface area contributed by atoms with Crippen molar-refractivity contribution in [1.29, 1.82) is 0 Å². The predicted molar refractivity (Wildman–Crippen MR) is 161 cm³/mol. The largest absolute Gasteiger partial charge is 0.262 e. The Morgan fingerprint density at radius 2 is 0.529 bits per heavy atom. The molecule has 0 N–H and O–H groups in total. The second kappa shape index (κ2) is 22.7. The second-order valence-corrected chi connectivity index (χ2v) is 15.2. The monoisotopic (exact) mass is 493 g/mol. The average molecular weight is 493 g/mol. The molecule has 0 fully saturated rings. The lowest BCUT2D eigenvalue weighted by Gasteiger charge is -2.35. The van der Waals surface area contributed by atoms with Crippen LogP contribution in [0.25, 0.3) is 0 Å². The first-order valence-corrected chi connectivity index (χ1v) is 18.9. The van der Waals surface area contributed by atoms with Crippen molar-refractivity contribution in [3.8, 4) is 0 Å². The lowest BCUT2D eigenvalue weighted by molar-refractivity contribution is 0.281. The van der Waals surface area contributed by atoms with Gasteiger partial charge >= 0.3 is 0 Å². The molecule has 0 saturated heterocycles. The van der Waals surface area contributed by atoms with E-state index in [1.807, 2.05) is 0 Å². The van der Waals surface area contributed by atoms with E-state index in [4.69, 9.17) is 0 Å². The Morgan fingerprint density at radius 3 is 0.676 bits per heavy atom. The van der Waals surface area contributed by atoms with Gasteiger partial charge in [0.1, 0.15) is 0 Å². The van der Waals surface area contributed by atoms with Crippen molar-refractivity contribution in [3.63, 3.8) is 0 Å². The molecule has 34 heavy (non-hydrogen) atoms. The van der Waals surface area contributed by atoms with Crippen molar-refractivity contribution in [2.45, 2.75) is 174 Å². The molecule has 0 nitrogen and oxygen atoms in total. The summed E-state index contributed by atoms with van der Waals surface area (Å²) >= 11 is -0.779. The summed E-state index contributed by atoms with van der Waals surface area (Å²) in [4.78, 5) is 0. The molecule has 0 rings (SSSR count). The molecule has 0 heterocycles. The van der Waals surface area contributed by atoms with E-state index in [9.17, 15) is 0 Å². The van der Waals surface area contributed by atoms with E-state index in [0.29, 0.717) is 0 Å². The fourth-order valence-electron chi connectivity index (χ4n) is 7.72. The van der Waals surface area contributed by atoms with Gasteiger partial charge < -0.3 is 0 Å².